The lowest BCUT2D eigenvalue weighted by atomic mass is 10.1. The van der Waals surface area contributed by atoms with Gasteiger partial charge in [-0.25, -0.2) is 4.98 Å². The van der Waals surface area contributed by atoms with Crippen LogP contribution in [0.4, 0.5) is 0 Å². The smallest absolute Gasteiger partial charge is 0.118 e. The van der Waals surface area contributed by atoms with Crippen molar-refractivity contribution in [2.24, 2.45) is 5.92 Å². The van der Waals surface area contributed by atoms with Gasteiger partial charge in [-0.05, 0) is 36.8 Å². The van der Waals surface area contributed by atoms with E-state index in [1.165, 1.54) is 5.56 Å². The molecule has 1 aromatic heterocycles. The Hall–Kier alpha value is -2.80. The van der Waals surface area contributed by atoms with E-state index in [0.717, 1.165) is 29.0 Å². The first kappa shape index (κ1) is 15.1. The zero-order chi connectivity index (χ0) is 16.2. The largest absolute Gasteiger partial charge is 0.497 e. The number of hydrogen-bond acceptors (Lipinski definition) is 3. The molecule has 0 aliphatic rings. The van der Waals surface area contributed by atoms with E-state index < -0.39 is 0 Å². The Bertz CT molecular complexity index is 843. The zero-order valence-corrected chi connectivity index (χ0v) is 13.4. The first-order chi connectivity index (χ1) is 11.2. The Labute approximate surface area is 136 Å². The Morgan fingerprint density at radius 2 is 1.91 bits per heavy atom. The number of nitriles is 1. The maximum Gasteiger partial charge on any atom is 0.118 e. The van der Waals surface area contributed by atoms with E-state index in [0.29, 0.717) is 6.54 Å². The third-order valence-corrected chi connectivity index (χ3v) is 3.93. The van der Waals surface area contributed by atoms with Crippen molar-refractivity contribution in [2.75, 3.05) is 7.11 Å². The molecule has 4 heteroatoms. The Morgan fingerprint density at radius 1 is 1.17 bits per heavy atom. The molecule has 0 fully saturated rings. The topological polar surface area (TPSA) is 50.8 Å². The van der Waals surface area contributed by atoms with Crippen molar-refractivity contribution in [3.05, 3.63) is 59.9 Å². The minimum atomic E-state index is -0.0535. The van der Waals surface area contributed by atoms with Crippen LogP contribution in [0.2, 0.25) is 0 Å². The van der Waals surface area contributed by atoms with Crippen LogP contribution in [0.3, 0.4) is 0 Å². The molecule has 116 valence electrons. The molecule has 0 radical (unpaired) electrons. The molecule has 3 aromatic rings. The first-order valence-corrected chi connectivity index (χ1v) is 7.68. The highest BCUT2D eigenvalue weighted by Gasteiger charge is 2.13. The number of imidazole rings is 1. The first-order valence-electron chi connectivity index (χ1n) is 7.68. The molecule has 0 saturated heterocycles. The standard InChI is InChI=1S/C19H19N3O/c1-14(12-20)13-22-18-6-4-3-5-17(18)21-19(22)11-15-7-9-16(23-2)10-8-15/h3-10,14H,11,13H2,1-2H3. The van der Waals surface area contributed by atoms with Crippen molar-refractivity contribution in [3.8, 4) is 11.8 Å². The highest BCUT2D eigenvalue weighted by Crippen LogP contribution is 2.21. The highest BCUT2D eigenvalue weighted by atomic mass is 16.5. The second kappa shape index (κ2) is 6.53. The highest BCUT2D eigenvalue weighted by molar-refractivity contribution is 5.76. The van der Waals surface area contributed by atoms with E-state index in [1.54, 1.807) is 7.11 Å². The van der Waals surface area contributed by atoms with Gasteiger partial charge in [-0.3, -0.25) is 0 Å². The normalized spacial score (nSPS) is 12.0. The molecule has 2 aromatic carbocycles. The van der Waals surface area contributed by atoms with Crippen LogP contribution < -0.4 is 4.74 Å². The number of para-hydroxylation sites is 2. The van der Waals surface area contributed by atoms with Crippen molar-refractivity contribution in [2.45, 2.75) is 19.9 Å². The lowest BCUT2D eigenvalue weighted by Gasteiger charge is -2.11. The fourth-order valence-corrected chi connectivity index (χ4v) is 2.70. The van der Waals surface area contributed by atoms with Crippen LogP contribution in [0.1, 0.15) is 18.3 Å². The number of ether oxygens (including phenoxy) is 1. The summed E-state index contributed by atoms with van der Waals surface area (Å²) < 4.78 is 7.36. The molecule has 4 nitrogen and oxygen atoms in total. The van der Waals surface area contributed by atoms with Crippen LogP contribution in [0.15, 0.2) is 48.5 Å². The lowest BCUT2D eigenvalue weighted by molar-refractivity contribution is 0.414. The molecular weight excluding hydrogens is 286 g/mol. The second-order valence-corrected chi connectivity index (χ2v) is 5.68. The van der Waals surface area contributed by atoms with Crippen molar-refractivity contribution in [1.29, 1.82) is 5.26 Å². The minimum absolute atomic E-state index is 0.0535. The van der Waals surface area contributed by atoms with Gasteiger partial charge in [0.15, 0.2) is 0 Å². The molecule has 1 heterocycles. The fraction of sp³-hybridized carbons (Fsp3) is 0.263. The predicted molar refractivity (Wildman–Crippen MR) is 90.3 cm³/mol. The average Bonchev–Trinajstić information content (AvgIpc) is 2.93. The molecule has 0 spiro atoms. The summed E-state index contributed by atoms with van der Waals surface area (Å²) >= 11 is 0. The summed E-state index contributed by atoms with van der Waals surface area (Å²) in [4.78, 5) is 4.76. The number of hydrogen-bond donors (Lipinski definition) is 0. The van der Waals surface area contributed by atoms with Gasteiger partial charge in [0.05, 0.1) is 30.1 Å². The van der Waals surface area contributed by atoms with Crippen molar-refractivity contribution in [3.63, 3.8) is 0 Å². The maximum atomic E-state index is 9.15. The molecule has 0 N–H and O–H groups in total. The number of nitrogens with zero attached hydrogens (tertiary/aromatic N) is 3. The van der Waals surface area contributed by atoms with E-state index in [-0.39, 0.29) is 5.92 Å². The van der Waals surface area contributed by atoms with Crippen LogP contribution in [0, 0.1) is 17.2 Å². The monoisotopic (exact) mass is 305 g/mol. The Morgan fingerprint density at radius 3 is 2.61 bits per heavy atom. The van der Waals surface area contributed by atoms with E-state index in [9.17, 15) is 0 Å². The van der Waals surface area contributed by atoms with Crippen LogP contribution in [0.25, 0.3) is 11.0 Å². The van der Waals surface area contributed by atoms with Crippen LogP contribution >= 0.6 is 0 Å². The molecule has 1 unspecified atom stereocenters. The third kappa shape index (κ3) is 3.19. The van der Waals surface area contributed by atoms with Gasteiger partial charge in [-0.2, -0.15) is 5.26 Å². The number of fused-ring (bicyclic) bond motifs is 1. The number of benzene rings is 2. The van der Waals surface area contributed by atoms with Gasteiger partial charge in [0, 0.05) is 13.0 Å². The minimum Gasteiger partial charge on any atom is -0.497 e. The summed E-state index contributed by atoms with van der Waals surface area (Å²) in [5.41, 5.74) is 3.23. The molecule has 23 heavy (non-hydrogen) atoms. The van der Waals surface area contributed by atoms with Gasteiger partial charge in [-0.1, -0.05) is 24.3 Å². The SMILES string of the molecule is COc1ccc(Cc2nc3ccccc3n2CC(C)C#N)cc1. The quantitative estimate of drug-likeness (QED) is 0.720. The number of methoxy groups -OCH3 is 1. The molecule has 0 saturated carbocycles. The van der Waals surface area contributed by atoms with E-state index in [1.807, 2.05) is 37.3 Å². The summed E-state index contributed by atoms with van der Waals surface area (Å²) in [5, 5.41) is 9.15. The molecule has 3 rings (SSSR count). The summed E-state index contributed by atoms with van der Waals surface area (Å²) in [6.45, 7) is 2.59. The van der Waals surface area contributed by atoms with Gasteiger partial charge in [0.25, 0.3) is 0 Å². The van der Waals surface area contributed by atoms with Gasteiger partial charge < -0.3 is 9.30 Å². The molecule has 1 atom stereocenters. The molecule has 0 amide bonds. The van der Waals surface area contributed by atoms with Gasteiger partial charge in [0.1, 0.15) is 11.6 Å². The average molecular weight is 305 g/mol. The predicted octanol–water partition coefficient (Wildman–Crippen LogP) is 3.80. The Kier molecular flexibility index (Phi) is 4.29. The van der Waals surface area contributed by atoms with Crippen LogP contribution in [-0.2, 0) is 13.0 Å². The lowest BCUT2D eigenvalue weighted by Crippen LogP contribution is -2.10. The van der Waals surface area contributed by atoms with Gasteiger partial charge in [-0.15, -0.1) is 0 Å². The van der Waals surface area contributed by atoms with Crippen molar-refractivity contribution in [1.82, 2.24) is 9.55 Å². The van der Waals surface area contributed by atoms with Gasteiger partial charge in [0.2, 0.25) is 0 Å². The number of aromatic nitrogens is 2. The van der Waals surface area contributed by atoms with E-state index in [4.69, 9.17) is 15.0 Å². The van der Waals surface area contributed by atoms with Crippen molar-refractivity contribution >= 4 is 11.0 Å². The molecular formula is C19H19N3O. The van der Waals surface area contributed by atoms with Crippen LogP contribution in [0.5, 0.6) is 5.75 Å². The van der Waals surface area contributed by atoms with Crippen LogP contribution in [-0.4, -0.2) is 16.7 Å². The zero-order valence-electron chi connectivity index (χ0n) is 13.4. The summed E-state index contributed by atoms with van der Waals surface area (Å²) in [7, 11) is 1.66. The second-order valence-electron chi connectivity index (χ2n) is 5.68. The maximum absolute atomic E-state index is 9.15. The van der Waals surface area contributed by atoms with Gasteiger partial charge >= 0.3 is 0 Å². The molecule has 0 aliphatic heterocycles. The van der Waals surface area contributed by atoms with Crippen molar-refractivity contribution < 1.29 is 4.74 Å². The molecule has 0 aliphatic carbocycles. The Balaban J connectivity index is 1.98. The van der Waals surface area contributed by atoms with E-state index in [2.05, 4.69) is 28.8 Å². The number of rotatable bonds is 5. The fourth-order valence-electron chi connectivity index (χ4n) is 2.70. The summed E-state index contributed by atoms with van der Waals surface area (Å²) in [5.74, 6) is 1.78. The molecule has 0 bridgehead atoms. The third-order valence-electron chi connectivity index (χ3n) is 3.93. The van der Waals surface area contributed by atoms with E-state index >= 15 is 0 Å². The summed E-state index contributed by atoms with van der Waals surface area (Å²) in [6.07, 6.45) is 0.733. The summed E-state index contributed by atoms with van der Waals surface area (Å²) in [6, 6.07) is 18.4.